The van der Waals surface area contributed by atoms with Gasteiger partial charge in [-0.1, -0.05) is 11.3 Å². The number of H-pyrrole nitrogens is 1. The molecule has 0 aromatic carbocycles. The van der Waals surface area contributed by atoms with Gasteiger partial charge in [-0.25, -0.2) is 0 Å². The van der Waals surface area contributed by atoms with Crippen molar-refractivity contribution in [2.45, 2.75) is 12.8 Å². The van der Waals surface area contributed by atoms with Crippen molar-refractivity contribution in [1.29, 1.82) is 0 Å². The van der Waals surface area contributed by atoms with Crippen molar-refractivity contribution >= 4 is 11.3 Å². The second kappa shape index (κ2) is 5.70. The lowest BCUT2D eigenvalue weighted by Gasteiger charge is -1.94. The minimum Gasteiger partial charge on any atom is -0.367 e. The SMILES string of the molecule is CNCCCc1nnc(-c2c[nH]ccc2=O)s1. The number of aromatic amines is 1. The zero-order valence-corrected chi connectivity index (χ0v) is 10.4. The number of rotatable bonds is 5. The van der Waals surface area contributed by atoms with Crippen LogP contribution in [0.4, 0.5) is 0 Å². The number of nitrogens with zero attached hydrogens (tertiary/aromatic N) is 2. The molecule has 0 aliphatic rings. The van der Waals surface area contributed by atoms with Gasteiger partial charge < -0.3 is 10.3 Å². The second-order valence-electron chi connectivity index (χ2n) is 3.63. The molecule has 0 radical (unpaired) electrons. The van der Waals surface area contributed by atoms with Crippen molar-refractivity contribution in [3.05, 3.63) is 33.7 Å². The highest BCUT2D eigenvalue weighted by molar-refractivity contribution is 7.14. The molecule has 0 saturated carbocycles. The highest BCUT2D eigenvalue weighted by Crippen LogP contribution is 2.20. The van der Waals surface area contributed by atoms with E-state index in [1.807, 2.05) is 7.05 Å². The standard InChI is InChI=1S/C11H14N4OS/c1-12-5-2-3-10-14-15-11(17-10)8-7-13-6-4-9(8)16/h4,6-7,12H,2-3,5H2,1H3,(H,13,16). The van der Waals surface area contributed by atoms with E-state index in [0.717, 1.165) is 24.4 Å². The third-order valence-corrected chi connectivity index (χ3v) is 3.36. The summed E-state index contributed by atoms with van der Waals surface area (Å²) in [5, 5.41) is 12.9. The van der Waals surface area contributed by atoms with Crippen LogP contribution in [0.15, 0.2) is 23.3 Å². The molecule has 5 nitrogen and oxygen atoms in total. The van der Waals surface area contributed by atoms with Crippen molar-refractivity contribution in [3.63, 3.8) is 0 Å². The maximum atomic E-state index is 11.6. The molecule has 0 atom stereocenters. The molecule has 2 N–H and O–H groups in total. The molecule has 90 valence electrons. The van der Waals surface area contributed by atoms with Crippen LogP contribution in [0.3, 0.4) is 0 Å². The lowest BCUT2D eigenvalue weighted by molar-refractivity contribution is 0.718. The Labute approximate surface area is 103 Å². The first kappa shape index (κ1) is 11.9. The van der Waals surface area contributed by atoms with Crippen LogP contribution < -0.4 is 10.7 Å². The summed E-state index contributed by atoms with van der Waals surface area (Å²) < 4.78 is 0. The lowest BCUT2D eigenvalue weighted by atomic mass is 10.3. The van der Waals surface area contributed by atoms with Crippen LogP contribution in [-0.4, -0.2) is 28.8 Å². The summed E-state index contributed by atoms with van der Waals surface area (Å²) in [4.78, 5) is 14.5. The van der Waals surface area contributed by atoms with Crippen LogP contribution in [0.1, 0.15) is 11.4 Å². The summed E-state index contributed by atoms with van der Waals surface area (Å²) in [5.41, 5.74) is 0.562. The van der Waals surface area contributed by atoms with Gasteiger partial charge in [-0.15, -0.1) is 10.2 Å². The molecule has 2 aromatic rings. The monoisotopic (exact) mass is 250 g/mol. The lowest BCUT2D eigenvalue weighted by Crippen LogP contribution is -2.08. The fourth-order valence-corrected chi connectivity index (χ4v) is 2.37. The molecule has 2 rings (SSSR count). The zero-order chi connectivity index (χ0) is 12.1. The molecule has 6 heteroatoms. The van der Waals surface area contributed by atoms with Crippen molar-refractivity contribution in [2.24, 2.45) is 0 Å². The summed E-state index contributed by atoms with van der Waals surface area (Å²) in [6.07, 6.45) is 5.19. The first-order valence-corrected chi connectivity index (χ1v) is 6.27. The summed E-state index contributed by atoms with van der Waals surface area (Å²) in [6.45, 7) is 0.959. The molecular weight excluding hydrogens is 236 g/mol. The number of hydrogen-bond donors (Lipinski definition) is 2. The van der Waals surface area contributed by atoms with E-state index in [1.165, 1.54) is 17.4 Å². The van der Waals surface area contributed by atoms with E-state index in [-0.39, 0.29) is 5.43 Å². The maximum Gasteiger partial charge on any atom is 0.191 e. The Bertz CT molecular complexity index is 534. The Hall–Kier alpha value is -1.53. The summed E-state index contributed by atoms with van der Waals surface area (Å²) >= 11 is 1.48. The average Bonchev–Trinajstić information content (AvgIpc) is 2.79. The number of pyridine rings is 1. The van der Waals surface area contributed by atoms with Crippen molar-refractivity contribution in [2.75, 3.05) is 13.6 Å². The molecule has 2 heterocycles. The smallest absolute Gasteiger partial charge is 0.191 e. The maximum absolute atomic E-state index is 11.6. The van der Waals surface area contributed by atoms with E-state index >= 15 is 0 Å². The molecule has 0 unspecified atom stereocenters. The Morgan fingerprint density at radius 3 is 3.12 bits per heavy atom. The third kappa shape index (κ3) is 2.98. The van der Waals surface area contributed by atoms with Crippen molar-refractivity contribution < 1.29 is 0 Å². The molecule has 0 saturated heterocycles. The Morgan fingerprint density at radius 2 is 2.35 bits per heavy atom. The molecule has 0 spiro atoms. The first-order valence-electron chi connectivity index (χ1n) is 5.45. The van der Waals surface area contributed by atoms with Gasteiger partial charge in [-0.3, -0.25) is 4.79 Å². The van der Waals surface area contributed by atoms with Crippen LogP contribution in [0.5, 0.6) is 0 Å². The van der Waals surface area contributed by atoms with Gasteiger partial charge in [0, 0.05) is 24.9 Å². The van der Waals surface area contributed by atoms with Crippen LogP contribution >= 0.6 is 11.3 Å². The largest absolute Gasteiger partial charge is 0.367 e. The number of nitrogens with one attached hydrogen (secondary N) is 2. The minimum absolute atomic E-state index is 0.0262. The number of aryl methyl sites for hydroxylation is 1. The van der Waals surface area contributed by atoms with Crippen molar-refractivity contribution in [1.82, 2.24) is 20.5 Å². The highest BCUT2D eigenvalue weighted by atomic mass is 32.1. The quantitative estimate of drug-likeness (QED) is 0.778. The average molecular weight is 250 g/mol. The molecular formula is C11H14N4OS. The first-order chi connectivity index (χ1) is 8.31. The van der Waals surface area contributed by atoms with E-state index < -0.39 is 0 Å². The van der Waals surface area contributed by atoms with Crippen LogP contribution in [0.25, 0.3) is 10.6 Å². The predicted octanol–water partition coefficient (Wildman–Crippen LogP) is 1.05. The summed E-state index contributed by atoms with van der Waals surface area (Å²) in [5.74, 6) is 0. The van der Waals surface area contributed by atoms with Gasteiger partial charge in [-0.05, 0) is 20.0 Å². The fraction of sp³-hybridized carbons (Fsp3) is 0.364. The van der Waals surface area contributed by atoms with Gasteiger partial charge in [0.2, 0.25) is 0 Å². The van der Waals surface area contributed by atoms with E-state index in [4.69, 9.17) is 0 Å². The summed E-state index contributed by atoms with van der Waals surface area (Å²) in [6, 6.07) is 1.50. The fourth-order valence-electron chi connectivity index (χ4n) is 1.46. The Balaban J connectivity index is 2.13. The third-order valence-electron chi connectivity index (χ3n) is 2.34. The van der Waals surface area contributed by atoms with E-state index in [9.17, 15) is 4.79 Å². The zero-order valence-electron chi connectivity index (χ0n) is 9.56. The normalized spacial score (nSPS) is 10.6. The van der Waals surface area contributed by atoms with Gasteiger partial charge in [0.25, 0.3) is 0 Å². The van der Waals surface area contributed by atoms with Gasteiger partial charge >= 0.3 is 0 Å². The molecule has 0 aliphatic heterocycles. The Morgan fingerprint density at radius 1 is 1.47 bits per heavy atom. The molecule has 0 bridgehead atoms. The number of aromatic nitrogens is 3. The summed E-state index contributed by atoms with van der Waals surface area (Å²) in [7, 11) is 1.93. The Kier molecular flexibility index (Phi) is 4.00. The predicted molar refractivity (Wildman–Crippen MR) is 68.2 cm³/mol. The van der Waals surface area contributed by atoms with Gasteiger partial charge in [-0.2, -0.15) is 0 Å². The van der Waals surface area contributed by atoms with Crippen LogP contribution in [0, 0.1) is 0 Å². The highest BCUT2D eigenvalue weighted by Gasteiger charge is 2.09. The van der Waals surface area contributed by atoms with E-state index in [1.54, 1.807) is 12.4 Å². The molecule has 0 aliphatic carbocycles. The number of hydrogen-bond acceptors (Lipinski definition) is 5. The molecule has 2 aromatic heterocycles. The van der Waals surface area contributed by atoms with Gasteiger partial charge in [0.15, 0.2) is 10.4 Å². The molecule has 0 amide bonds. The van der Waals surface area contributed by atoms with Gasteiger partial charge in [0.05, 0.1) is 5.56 Å². The van der Waals surface area contributed by atoms with E-state index in [2.05, 4.69) is 20.5 Å². The second-order valence-corrected chi connectivity index (χ2v) is 4.69. The molecule has 0 fully saturated rings. The van der Waals surface area contributed by atoms with Crippen LogP contribution in [-0.2, 0) is 6.42 Å². The van der Waals surface area contributed by atoms with Crippen LogP contribution in [0.2, 0.25) is 0 Å². The molecule has 17 heavy (non-hydrogen) atoms. The minimum atomic E-state index is -0.0262. The topological polar surface area (TPSA) is 70.7 Å². The van der Waals surface area contributed by atoms with Crippen molar-refractivity contribution in [3.8, 4) is 10.6 Å². The van der Waals surface area contributed by atoms with Gasteiger partial charge in [0.1, 0.15) is 5.01 Å². The van der Waals surface area contributed by atoms with E-state index in [0.29, 0.717) is 10.6 Å².